The van der Waals surface area contributed by atoms with Crippen LogP contribution in [0.5, 0.6) is 0 Å². The maximum Gasteiger partial charge on any atom is 0.190 e. The number of fused-ring (bicyclic) bond motifs is 3. The highest BCUT2D eigenvalue weighted by atomic mass is 16.8. The zero-order valence-corrected chi connectivity index (χ0v) is 16.1. The van der Waals surface area contributed by atoms with Crippen molar-refractivity contribution in [2.24, 2.45) is 16.7 Å². The molecule has 0 aromatic rings. The first-order valence-corrected chi connectivity index (χ1v) is 9.78. The summed E-state index contributed by atoms with van der Waals surface area (Å²) in [6, 6.07) is 0. The summed E-state index contributed by atoms with van der Waals surface area (Å²) in [5.41, 5.74) is -1.76. The van der Waals surface area contributed by atoms with Crippen LogP contribution in [0.25, 0.3) is 0 Å². The third kappa shape index (κ3) is 2.39. The van der Waals surface area contributed by atoms with Gasteiger partial charge in [0.05, 0.1) is 12.2 Å². The summed E-state index contributed by atoms with van der Waals surface area (Å²) in [5.74, 6) is -0.327. The van der Waals surface area contributed by atoms with Crippen LogP contribution in [0.15, 0.2) is 12.2 Å². The van der Waals surface area contributed by atoms with Gasteiger partial charge in [0.15, 0.2) is 12.1 Å². The van der Waals surface area contributed by atoms with Crippen molar-refractivity contribution < 1.29 is 29.5 Å². The molecule has 4 fully saturated rings. The fraction of sp³-hybridized carbons (Fsp3) is 0.900. The van der Waals surface area contributed by atoms with Crippen molar-refractivity contribution in [2.75, 3.05) is 6.61 Å². The zero-order chi connectivity index (χ0) is 19.0. The minimum Gasteiger partial charge on any atom is -0.396 e. The van der Waals surface area contributed by atoms with Gasteiger partial charge in [-0.25, -0.2) is 0 Å². The first kappa shape index (κ1) is 18.8. The summed E-state index contributed by atoms with van der Waals surface area (Å²) in [6.07, 6.45) is 4.58. The highest BCUT2D eigenvalue weighted by molar-refractivity contribution is 5.26. The molecule has 4 aliphatic rings. The van der Waals surface area contributed by atoms with E-state index in [-0.39, 0.29) is 17.4 Å². The van der Waals surface area contributed by atoms with Crippen LogP contribution in [0.1, 0.15) is 53.4 Å². The molecule has 2 saturated heterocycles. The van der Waals surface area contributed by atoms with E-state index < -0.39 is 36.0 Å². The lowest BCUT2D eigenvalue weighted by Gasteiger charge is -2.39. The van der Waals surface area contributed by atoms with Crippen LogP contribution in [-0.2, 0) is 14.2 Å². The molecule has 0 spiro atoms. The van der Waals surface area contributed by atoms with Gasteiger partial charge in [0.1, 0.15) is 11.7 Å². The number of hydrogen-bond acceptors (Lipinski definition) is 6. The van der Waals surface area contributed by atoms with Gasteiger partial charge in [0, 0.05) is 18.4 Å². The number of aliphatic hydroxyl groups excluding tert-OH is 2. The molecule has 2 aliphatic carbocycles. The smallest absolute Gasteiger partial charge is 0.190 e. The predicted molar refractivity (Wildman–Crippen MR) is 94.1 cm³/mol. The second-order valence-electron chi connectivity index (χ2n) is 9.53. The van der Waals surface area contributed by atoms with E-state index in [4.69, 9.17) is 14.2 Å². The molecule has 0 amide bonds. The second-order valence-corrected chi connectivity index (χ2v) is 9.53. The first-order valence-electron chi connectivity index (χ1n) is 9.78. The SMILES string of the molecule is CC1(C)O[C@H]2O[C@H](CCO)[C@](O)(/C=C/[C@]34CC[C@H](C[C@H]3O)C4(C)C)[C@H]2O1. The van der Waals surface area contributed by atoms with Gasteiger partial charge in [-0.2, -0.15) is 0 Å². The van der Waals surface area contributed by atoms with Crippen LogP contribution >= 0.6 is 0 Å². The molecular formula is C20H32O6. The third-order valence-corrected chi connectivity index (χ3v) is 7.60. The molecule has 2 saturated carbocycles. The quantitative estimate of drug-likeness (QED) is 0.655. The molecular weight excluding hydrogens is 336 g/mol. The Bertz CT molecular complexity index is 601. The van der Waals surface area contributed by atoms with Crippen molar-refractivity contribution >= 4 is 0 Å². The molecule has 0 aromatic carbocycles. The van der Waals surface area contributed by atoms with E-state index in [1.165, 1.54) is 0 Å². The van der Waals surface area contributed by atoms with Crippen LogP contribution in [0, 0.1) is 16.7 Å². The lowest BCUT2D eigenvalue weighted by molar-refractivity contribution is -0.224. The Kier molecular flexibility index (Phi) is 4.17. The molecule has 26 heavy (non-hydrogen) atoms. The van der Waals surface area contributed by atoms with Gasteiger partial charge < -0.3 is 29.5 Å². The van der Waals surface area contributed by atoms with Crippen LogP contribution < -0.4 is 0 Å². The monoisotopic (exact) mass is 368 g/mol. The van der Waals surface area contributed by atoms with Gasteiger partial charge in [-0.15, -0.1) is 0 Å². The zero-order valence-electron chi connectivity index (χ0n) is 16.1. The Morgan fingerprint density at radius 1 is 1.12 bits per heavy atom. The van der Waals surface area contributed by atoms with E-state index in [0.29, 0.717) is 12.3 Å². The Morgan fingerprint density at radius 3 is 2.42 bits per heavy atom. The molecule has 0 aromatic heterocycles. The molecule has 2 bridgehead atoms. The average molecular weight is 368 g/mol. The number of rotatable bonds is 4. The lowest BCUT2D eigenvalue weighted by Crippen LogP contribution is -2.48. The molecule has 0 radical (unpaired) electrons. The van der Waals surface area contributed by atoms with Crippen LogP contribution in [0.4, 0.5) is 0 Å². The molecule has 3 N–H and O–H groups in total. The van der Waals surface area contributed by atoms with Gasteiger partial charge >= 0.3 is 0 Å². The first-order chi connectivity index (χ1) is 12.1. The summed E-state index contributed by atoms with van der Waals surface area (Å²) in [6.45, 7) is 7.93. The van der Waals surface area contributed by atoms with Crippen molar-refractivity contribution in [3.8, 4) is 0 Å². The van der Waals surface area contributed by atoms with E-state index in [1.807, 2.05) is 6.08 Å². The average Bonchev–Trinajstić information content (AvgIpc) is 3.13. The van der Waals surface area contributed by atoms with Crippen LogP contribution in [-0.4, -0.2) is 57.9 Å². The van der Waals surface area contributed by atoms with E-state index in [1.54, 1.807) is 19.9 Å². The van der Waals surface area contributed by atoms with Crippen molar-refractivity contribution in [1.29, 1.82) is 0 Å². The molecule has 4 rings (SSSR count). The Morgan fingerprint density at radius 2 is 1.85 bits per heavy atom. The fourth-order valence-electron chi connectivity index (χ4n) is 5.87. The standard InChI is InChI=1S/C20H32O6/c1-17(2)12-5-7-19(17,13(22)11-12)8-9-20(23)14(6-10-21)24-16-15(20)25-18(3,4)26-16/h8-9,12-16,21-23H,5-7,10-11H2,1-4H3/b9-8+/t12-,13-,14-,15+,16-,19-,20-/m1/s1. The van der Waals surface area contributed by atoms with Gasteiger partial charge in [0.2, 0.25) is 0 Å². The molecule has 7 atom stereocenters. The molecule has 148 valence electrons. The third-order valence-electron chi connectivity index (χ3n) is 7.60. The van der Waals surface area contributed by atoms with E-state index in [9.17, 15) is 15.3 Å². The van der Waals surface area contributed by atoms with E-state index in [0.717, 1.165) is 19.3 Å². The summed E-state index contributed by atoms with van der Waals surface area (Å²) in [4.78, 5) is 0. The summed E-state index contributed by atoms with van der Waals surface area (Å²) in [7, 11) is 0. The highest BCUT2D eigenvalue weighted by Gasteiger charge is 2.65. The predicted octanol–water partition coefficient (Wildman–Crippen LogP) is 1.72. The highest BCUT2D eigenvalue weighted by Crippen LogP contribution is 2.66. The minimum atomic E-state index is -1.40. The lowest BCUT2D eigenvalue weighted by atomic mass is 9.67. The van der Waals surface area contributed by atoms with Crippen LogP contribution in [0.2, 0.25) is 0 Å². The summed E-state index contributed by atoms with van der Waals surface area (Å²) < 4.78 is 17.6. The Hall–Kier alpha value is -0.500. The number of hydrogen-bond donors (Lipinski definition) is 3. The number of ether oxygens (including phenoxy) is 3. The van der Waals surface area contributed by atoms with Gasteiger partial charge in [-0.3, -0.25) is 0 Å². The van der Waals surface area contributed by atoms with Crippen molar-refractivity contribution in [2.45, 2.75) is 89.4 Å². The summed E-state index contributed by atoms with van der Waals surface area (Å²) >= 11 is 0. The van der Waals surface area contributed by atoms with Gasteiger partial charge in [0.25, 0.3) is 0 Å². The fourth-order valence-corrected chi connectivity index (χ4v) is 5.87. The summed E-state index contributed by atoms with van der Waals surface area (Å²) in [5, 5.41) is 31.7. The van der Waals surface area contributed by atoms with Crippen molar-refractivity contribution in [1.82, 2.24) is 0 Å². The molecule has 6 nitrogen and oxygen atoms in total. The maximum atomic E-state index is 11.5. The van der Waals surface area contributed by atoms with Gasteiger partial charge in [-0.1, -0.05) is 26.0 Å². The Balaban J connectivity index is 1.67. The van der Waals surface area contributed by atoms with Crippen molar-refractivity contribution in [3.05, 3.63) is 12.2 Å². The molecule has 0 unspecified atom stereocenters. The molecule has 6 heteroatoms. The normalized spacial score (nSPS) is 51.4. The second kappa shape index (κ2) is 5.75. The number of aliphatic hydroxyl groups is 3. The van der Waals surface area contributed by atoms with E-state index in [2.05, 4.69) is 13.8 Å². The van der Waals surface area contributed by atoms with Crippen LogP contribution in [0.3, 0.4) is 0 Å². The van der Waals surface area contributed by atoms with E-state index >= 15 is 0 Å². The Labute approximate surface area is 155 Å². The maximum absolute atomic E-state index is 11.5. The van der Waals surface area contributed by atoms with Gasteiger partial charge in [-0.05, 0) is 44.4 Å². The molecule has 2 aliphatic heterocycles. The molecule has 2 heterocycles. The topological polar surface area (TPSA) is 88.4 Å². The van der Waals surface area contributed by atoms with Crippen molar-refractivity contribution in [3.63, 3.8) is 0 Å². The minimum absolute atomic E-state index is 0.0169. The largest absolute Gasteiger partial charge is 0.396 e.